The second-order valence-corrected chi connectivity index (χ2v) is 5.71. The van der Waals surface area contributed by atoms with Gasteiger partial charge < -0.3 is 19.0 Å². The van der Waals surface area contributed by atoms with Crippen molar-refractivity contribution in [2.75, 3.05) is 13.9 Å². The minimum Gasteiger partial charge on any atom is -0.507 e. The maximum Gasteiger partial charge on any atom is 0.188 e. The van der Waals surface area contributed by atoms with Crippen LogP contribution in [0.2, 0.25) is 0 Å². The summed E-state index contributed by atoms with van der Waals surface area (Å²) in [5, 5.41) is 13.1. The largest absolute Gasteiger partial charge is 0.507 e. The van der Waals surface area contributed by atoms with E-state index in [2.05, 4.69) is 0 Å². The zero-order valence-electron chi connectivity index (χ0n) is 12.5. The van der Waals surface area contributed by atoms with E-state index in [0.29, 0.717) is 11.1 Å². The molecule has 0 radical (unpaired) electrons. The third-order valence-corrected chi connectivity index (χ3v) is 4.35. The highest BCUT2D eigenvalue weighted by molar-refractivity contribution is 6.10. The molecule has 0 amide bonds. The topological polar surface area (TPSA) is 51.8 Å². The molecule has 3 aromatic rings. The molecule has 2 aromatic carbocycles. The molecule has 22 heavy (non-hydrogen) atoms. The quantitative estimate of drug-likeness (QED) is 0.738. The van der Waals surface area contributed by atoms with E-state index in [1.165, 1.54) is 18.4 Å². The van der Waals surface area contributed by atoms with Crippen LogP contribution in [-0.4, -0.2) is 19.0 Å². The molecule has 0 fully saturated rings. The van der Waals surface area contributed by atoms with Crippen LogP contribution in [0.3, 0.4) is 0 Å². The molecule has 0 bridgehead atoms. The minimum absolute atomic E-state index is 0.144. The van der Waals surface area contributed by atoms with Gasteiger partial charge in [-0.3, -0.25) is 0 Å². The number of hydrogen-bond donors (Lipinski definition) is 1. The molecule has 0 spiro atoms. The van der Waals surface area contributed by atoms with Crippen molar-refractivity contribution in [1.82, 2.24) is 0 Å². The molecule has 1 aliphatic carbocycles. The van der Waals surface area contributed by atoms with Crippen molar-refractivity contribution in [2.24, 2.45) is 0 Å². The van der Waals surface area contributed by atoms with E-state index in [4.69, 9.17) is 13.9 Å². The molecule has 4 rings (SSSR count). The number of aryl methyl sites for hydroxylation is 2. The first-order valence-corrected chi connectivity index (χ1v) is 7.60. The number of rotatable bonds is 3. The van der Waals surface area contributed by atoms with Crippen LogP contribution in [0.1, 0.15) is 24.2 Å². The van der Waals surface area contributed by atoms with Crippen LogP contribution in [0.5, 0.6) is 11.5 Å². The predicted octanol–water partition coefficient (Wildman–Crippen LogP) is 4.15. The lowest BCUT2D eigenvalue weighted by Crippen LogP contribution is -1.99. The summed E-state index contributed by atoms with van der Waals surface area (Å²) >= 11 is 0. The lowest BCUT2D eigenvalue weighted by molar-refractivity contribution is 0.0522. The van der Waals surface area contributed by atoms with Crippen LogP contribution in [0.15, 0.2) is 28.7 Å². The van der Waals surface area contributed by atoms with E-state index in [9.17, 15) is 5.11 Å². The average molecular weight is 298 g/mol. The second kappa shape index (κ2) is 5.21. The Bertz CT molecular complexity index is 847. The lowest BCUT2D eigenvalue weighted by Gasteiger charge is -2.10. The van der Waals surface area contributed by atoms with Crippen LogP contribution >= 0.6 is 0 Å². The van der Waals surface area contributed by atoms with Crippen LogP contribution in [0.4, 0.5) is 0 Å². The monoisotopic (exact) mass is 298 g/mol. The van der Waals surface area contributed by atoms with Gasteiger partial charge in [0.25, 0.3) is 0 Å². The molecule has 4 heteroatoms. The fraction of sp³-hybridized carbons (Fsp3) is 0.333. The number of furan rings is 1. The van der Waals surface area contributed by atoms with Gasteiger partial charge in [0.15, 0.2) is 6.79 Å². The smallest absolute Gasteiger partial charge is 0.188 e. The maximum absolute atomic E-state index is 10.5. The van der Waals surface area contributed by atoms with Crippen LogP contribution in [0.25, 0.3) is 21.7 Å². The Kier molecular flexibility index (Phi) is 3.19. The van der Waals surface area contributed by atoms with E-state index in [1.54, 1.807) is 7.11 Å². The third kappa shape index (κ3) is 1.95. The van der Waals surface area contributed by atoms with Gasteiger partial charge in [-0.2, -0.15) is 0 Å². The van der Waals surface area contributed by atoms with E-state index < -0.39 is 0 Å². The summed E-state index contributed by atoms with van der Waals surface area (Å²) in [6.45, 7) is 0.144. The summed E-state index contributed by atoms with van der Waals surface area (Å²) < 4.78 is 16.7. The molecule has 4 nitrogen and oxygen atoms in total. The van der Waals surface area contributed by atoms with Crippen molar-refractivity contribution >= 4 is 21.7 Å². The van der Waals surface area contributed by atoms with E-state index in [1.807, 2.05) is 24.3 Å². The van der Waals surface area contributed by atoms with Gasteiger partial charge in [-0.25, -0.2) is 0 Å². The van der Waals surface area contributed by atoms with Crippen molar-refractivity contribution in [2.45, 2.75) is 25.7 Å². The van der Waals surface area contributed by atoms with Gasteiger partial charge in [0.2, 0.25) is 0 Å². The van der Waals surface area contributed by atoms with Gasteiger partial charge in [-0.05, 0) is 31.4 Å². The molecule has 0 unspecified atom stereocenters. The third-order valence-electron chi connectivity index (χ3n) is 4.35. The first-order valence-electron chi connectivity index (χ1n) is 7.60. The Morgan fingerprint density at radius 2 is 2.05 bits per heavy atom. The predicted molar refractivity (Wildman–Crippen MR) is 84.5 cm³/mol. The Morgan fingerprint density at radius 1 is 1.18 bits per heavy atom. The molecule has 1 aliphatic rings. The molecule has 1 N–H and O–H groups in total. The van der Waals surface area contributed by atoms with E-state index in [-0.39, 0.29) is 12.5 Å². The number of phenolic OH excluding ortho intramolecular Hbond substituents is 1. The van der Waals surface area contributed by atoms with Gasteiger partial charge in [0, 0.05) is 29.9 Å². The van der Waals surface area contributed by atoms with Crippen LogP contribution < -0.4 is 4.74 Å². The van der Waals surface area contributed by atoms with Crippen molar-refractivity contribution in [3.63, 3.8) is 0 Å². The molecule has 0 saturated heterocycles. The lowest BCUT2D eigenvalue weighted by atomic mass is 9.94. The van der Waals surface area contributed by atoms with Gasteiger partial charge >= 0.3 is 0 Å². The standard InChI is InChI=1S/C18H18O4/c1-20-10-21-16-8-4-6-12-17(16)14(19)9-13-11-5-2-3-7-15(11)22-18(12)13/h4,6,8-9,19H,2-3,5,7,10H2,1H3. The van der Waals surface area contributed by atoms with Crippen molar-refractivity contribution in [3.8, 4) is 11.5 Å². The summed E-state index contributed by atoms with van der Waals surface area (Å²) in [7, 11) is 1.57. The Morgan fingerprint density at radius 3 is 2.91 bits per heavy atom. The van der Waals surface area contributed by atoms with Crippen molar-refractivity contribution in [1.29, 1.82) is 0 Å². The Hall–Kier alpha value is -2.20. The Labute approximate surface area is 128 Å². The zero-order chi connectivity index (χ0) is 15.1. The number of phenols is 1. The van der Waals surface area contributed by atoms with E-state index >= 15 is 0 Å². The summed E-state index contributed by atoms with van der Waals surface area (Å²) in [6.07, 6.45) is 4.34. The molecule has 0 saturated carbocycles. The van der Waals surface area contributed by atoms with Crippen molar-refractivity contribution < 1.29 is 19.0 Å². The van der Waals surface area contributed by atoms with Crippen molar-refractivity contribution in [3.05, 3.63) is 35.6 Å². The maximum atomic E-state index is 10.5. The van der Waals surface area contributed by atoms with E-state index in [0.717, 1.165) is 35.0 Å². The van der Waals surface area contributed by atoms with Gasteiger partial charge in [-0.1, -0.05) is 12.1 Å². The summed E-state index contributed by atoms with van der Waals surface area (Å²) in [6, 6.07) is 7.51. The highest BCUT2D eigenvalue weighted by atomic mass is 16.7. The molecular weight excluding hydrogens is 280 g/mol. The fourth-order valence-corrected chi connectivity index (χ4v) is 3.38. The van der Waals surface area contributed by atoms with Gasteiger partial charge in [0.05, 0.1) is 5.39 Å². The molecule has 1 aromatic heterocycles. The van der Waals surface area contributed by atoms with Crippen LogP contribution in [-0.2, 0) is 17.6 Å². The highest BCUT2D eigenvalue weighted by Gasteiger charge is 2.21. The van der Waals surface area contributed by atoms with Gasteiger partial charge in [-0.15, -0.1) is 0 Å². The molecule has 0 atom stereocenters. The first kappa shape index (κ1) is 13.5. The number of benzene rings is 2. The highest BCUT2D eigenvalue weighted by Crippen LogP contribution is 2.42. The fourth-order valence-electron chi connectivity index (χ4n) is 3.38. The summed E-state index contributed by atoms with van der Waals surface area (Å²) in [5.74, 6) is 1.90. The van der Waals surface area contributed by atoms with Crippen LogP contribution in [0, 0.1) is 0 Å². The first-order chi connectivity index (χ1) is 10.8. The number of hydrogen-bond acceptors (Lipinski definition) is 4. The molecular formula is C18H18O4. The minimum atomic E-state index is 0.144. The Balaban J connectivity index is 2.01. The number of fused-ring (bicyclic) bond motifs is 5. The second-order valence-electron chi connectivity index (χ2n) is 5.71. The van der Waals surface area contributed by atoms with Gasteiger partial charge in [0.1, 0.15) is 22.8 Å². The number of methoxy groups -OCH3 is 1. The molecule has 0 aliphatic heterocycles. The molecule has 114 valence electrons. The summed E-state index contributed by atoms with van der Waals surface area (Å²) in [5.41, 5.74) is 2.10. The summed E-state index contributed by atoms with van der Waals surface area (Å²) in [4.78, 5) is 0. The zero-order valence-corrected chi connectivity index (χ0v) is 12.5. The normalized spacial score (nSPS) is 14.4. The SMILES string of the molecule is COCOc1cccc2c1c(O)cc1c3c(oc12)CCCC3. The number of aromatic hydroxyl groups is 1. The number of ether oxygens (including phenoxy) is 2. The average Bonchev–Trinajstić information content (AvgIpc) is 2.92. The molecule has 1 heterocycles.